The second kappa shape index (κ2) is 9.06. The summed E-state index contributed by atoms with van der Waals surface area (Å²) in [6.45, 7) is 0. The van der Waals surface area contributed by atoms with Crippen LogP contribution in [0.15, 0.2) is 42.6 Å². The molecular weight excluding hydrogens is 431 g/mol. The van der Waals surface area contributed by atoms with Crippen LogP contribution in [-0.2, 0) is 7.05 Å². The lowest BCUT2D eigenvalue weighted by molar-refractivity contribution is 0.0985. The smallest absolute Gasteiger partial charge is 0.274 e. The normalized spacial score (nSPS) is 10.4. The third kappa shape index (κ3) is 4.50. The molecule has 0 aliphatic rings. The lowest BCUT2D eigenvalue weighted by Gasteiger charge is -2.13. The molecule has 8 nitrogen and oxygen atoms in total. The van der Waals surface area contributed by atoms with E-state index in [1.54, 1.807) is 43.4 Å². The SMILES string of the molecule is COc1ccc(Cl)cc1NC(=O)c1cnn(C)c1C(=O)Nc1cc(Cl)ccc1OC. The van der Waals surface area contributed by atoms with Gasteiger partial charge in [-0.2, -0.15) is 5.10 Å². The van der Waals surface area contributed by atoms with Crippen LogP contribution in [0.4, 0.5) is 11.4 Å². The van der Waals surface area contributed by atoms with Crippen molar-refractivity contribution in [3.8, 4) is 11.5 Å². The van der Waals surface area contributed by atoms with Gasteiger partial charge in [-0.25, -0.2) is 0 Å². The maximum atomic E-state index is 12.9. The van der Waals surface area contributed by atoms with Crippen LogP contribution in [0.5, 0.6) is 11.5 Å². The van der Waals surface area contributed by atoms with Gasteiger partial charge in [-0.3, -0.25) is 14.3 Å². The van der Waals surface area contributed by atoms with Gasteiger partial charge in [0.15, 0.2) is 0 Å². The van der Waals surface area contributed by atoms with Crippen molar-refractivity contribution >= 4 is 46.4 Å². The van der Waals surface area contributed by atoms with E-state index in [0.717, 1.165) is 0 Å². The van der Waals surface area contributed by atoms with Gasteiger partial charge in [0, 0.05) is 17.1 Å². The zero-order valence-corrected chi connectivity index (χ0v) is 17.8. The first-order valence-electron chi connectivity index (χ1n) is 8.65. The molecule has 0 fully saturated rings. The van der Waals surface area contributed by atoms with E-state index in [-0.39, 0.29) is 11.3 Å². The highest BCUT2D eigenvalue weighted by molar-refractivity contribution is 6.31. The fourth-order valence-corrected chi connectivity index (χ4v) is 3.14. The van der Waals surface area contributed by atoms with Crippen molar-refractivity contribution in [3.63, 3.8) is 0 Å². The molecule has 0 radical (unpaired) electrons. The summed E-state index contributed by atoms with van der Waals surface area (Å²) in [6.07, 6.45) is 1.30. The average Bonchev–Trinajstić information content (AvgIpc) is 3.10. The molecule has 0 saturated carbocycles. The molecule has 1 aromatic heterocycles. The molecule has 0 unspecified atom stereocenters. The fraction of sp³-hybridized carbons (Fsp3) is 0.150. The molecule has 0 aliphatic carbocycles. The summed E-state index contributed by atoms with van der Waals surface area (Å²) in [4.78, 5) is 25.8. The molecule has 0 spiro atoms. The Bertz CT molecular complexity index is 1110. The first kappa shape index (κ1) is 21.5. The number of hydrogen-bond donors (Lipinski definition) is 2. The summed E-state index contributed by atoms with van der Waals surface area (Å²) in [6, 6.07) is 9.62. The number of aryl methyl sites for hydroxylation is 1. The molecule has 0 bridgehead atoms. The monoisotopic (exact) mass is 448 g/mol. The minimum Gasteiger partial charge on any atom is -0.495 e. The van der Waals surface area contributed by atoms with E-state index in [4.69, 9.17) is 32.7 Å². The van der Waals surface area contributed by atoms with E-state index >= 15 is 0 Å². The number of benzene rings is 2. The van der Waals surface area contributed by atoms with Gasteiger partial charge in [0.2, 0.25) is 0 Å². The Labute approximate surface area is 182 Å². The number of amides is 2. The topological polar surface area (TPSA) is 94.5 Å². The minimum absolute atomic E-state index is 0.0514. The lowest BCUT2D eigenvalue weighted by atomic mass is 10.2. The number of halogens is 2. The van der Waals surface area contributed by atoms with Gasteiger partial charge >= 0.3 is 0 Å². The Morgan fingerprint density at radius 1 is 0.900 bits per heavy atom. The summed E-state index contributed by atoms with van der Waals surface area (Å²) in [5.41, 5.74) is 0.842. The van der Waals surface area contributed by atoms with Crippen LogP contribution in [0.3, 0.4) is 0 Å². The summed E-state index contributed by atoms with van der Waals surface area (Å²) in [5, 5.41) is 10.3. The highest BCUT2D eigenvalue weighted by atomic mass is 35.5. The Morgan fingerprint density at radius 3 is 1.90 bits per heavy atom. The predicted molar refractivity (Wildman–Crippen MR) is 115 cm³/mol. The molecule has 2 amide bonds. The van der Waals surface area contributed by atoms with E-state index in [1.165, 1.54) is 25.1 Å². The summed E-state index contributed by atoms with van der Waals surface area (Å²) >= 11 is 12.0. The van der Waals surface area contributed by atoms with Gasteiger partial charge in [0.25, 0.3) is 11.8 Å². The number of aromatic nitrogens is 2. The van der Waals surface area contributed by atoms with Crippen LogP contribution in [0.25, 0.3) is 0 Å². The lowest BCUT2D eigenvalue weighted by Crippen LogP contribution is -2.22. The summed E-state index contributed by atoms with van der Waals surface area (Å²) in [7, 11) is 4.50. The van der Waals surface area contributed by atoms with Crippen molar-refractivity contribution in [2.24, 2.45) is 7.05 Å². The number of nitrogens with one attached hydrogen (secondary N) is 2. The van der Waals surface area contributed by atoms with Gasteiger partial charge in [-0.1, -0.05) is 23.2 Å². The van der Waals surface area contributed by atoms with Crippen molar-refractivity contribution < 1.29 is 19.1 Å². The number of ether oxygens (including phenoxy) is 2. The number of rotatable bonds is 6. The zero-order valence-electron chi connectivity index (χ0n) is 16.3. The largest absolute Gasteiger partial charge is 0.495 e. The highest BCUT2D eigenvalue weighted by Crippen LogP contribution is 2.30. The van der Waals surface area contributed by atoms with Gasteiger partial charge < -0.3 is 20.1 Å². The fourth-order valence-electron chi connectivity index (χ4n) is 2.80. The number of hydrogen-bond acceptors (Lipinski definition) is 5. The van der Waals surface area contributed by atoms with E-state index in [9.17, 15) is 9.59 Å². The minimum atomic E-state index is -0.557. The Hall–Kier alpha value is -3.23. The molecule has 3 rings (SSSR count). The standard InChI is InChI=1S/C20H18Cl2N4O4/c1-26-18(20(28)25-15-9-12(22)5-7-17(15)30-3)13(10-23-26)19(27)24-14-8-11(21)4-6-16(14)29-2/h4-10H,1-3H3,(H,24,27)(H,25,28). The zero-order chi connectivity index (χ0) is 21.8. The number of carbonyl (C=O) groups is 2. The molecule has 0 atom stereocenters. The summed E-state index contributed by atoms with van der Waals surface area (Å²) in [5.74, 6) is -0.262. The molecule has 3 aromatic rings. The van der Waals surface area contributed by atoms with Crippen LogP contribution < -0.4 is 20.1 Å². The van der Waals surface area contributed by atoms with Crippen molar-refractivity contribution in [2.75, 3.05) is 24.9 Å². The highest BCUT2D eigenvalue weighted by Gasteiger charge is 2.24. The molecule has 10 heteroatoms. The second-order valence-electron chi connectivity index (χ2n) is 6.13. The van der Waals surface area contributed by atoms with Gasteiger partial charge in [-0.05, 0) is 36.4 Å². The van der Waals surface area contributed by atoms with Crippen molar-refractivity contribution in [1.29, 1.82) is 0 Å². The van der Waals surface area contributed by atoms with E-state index in [0.29, 0.717) is 32.9 Å². The maximum Gasteiger partial charge on any atom is 0.274 e. The molecule has 2 N–H and O–H groups in total. The van der Waals surface area contributed by atoms with Crippen molar-refractivity contribution in [2.45, 2.75) is 0 Å². The Kier molecular flexibility index (Phi) is 6.49. The number of anilines is 2. The summed E-state index contributed by atoms with van der Waals surface area (Å²) < 4.78 is 11.8. The van der Waals surface area contributed by atoms with Gasteiger partial charge in [0.05, 0.1) is 37.4 Å². The number of carbonyl (C=O) groups excluding carboxylic acids is 2. The molecule has 30 heavy (non-hydrogen) atoms. The Morgan fingerprint density at radius 2 is 1.40 bits per heavy atom. The maximum absolute atomic E-state index is 12.9. The van der Waals surface area contributed by atoms with Gasteiger partial charge in [0.1, 0.15) is 17.2 Å². The van der Waals surface area contributed by atoms with E-state index < -0.39 is 11.8 Å². The molecule has 0 aliphatic heterocycles. The molecular formula is C20H18Cl2N4O4. The number of nitrogens with zero attached hydrogens (tertiary/aromatic N) is 2. The van der Waals surface area contributed by atoms with E-state index in [1.807, 2.05) is 0 Å². The van der Waals surface area contributed by atoms with Crippen LogP contribution in [0, 0.1) is 0 Å². The quantitative estimate of drug-likeness (QED) is 0.587. The number of methoxy groups -OCH3 is 2. The van der Waals surface area contributed by atoms with Crippen molar-refractivity contribution in [3.05, 3.63) is 63.9 Å². The first-order chi connectivity index (χ1) is 14.3. The van der Waals surface area contributed by atoms with Crippen LogP contribution >= 0.6 is 23.2 Å². The third-order valence-electron chi connectivity index (χ3n) is 4.22. The van der Waals surface area contributed by atoms with Crippen molar-refractivity contribution in [1.82, 2.24) is 9.78 Å². The second-order valence-corrected chi connectivity index (χ2v) is 7.00. The van der Waals surface area contributed by atoms with E-state index in [2.05, 4.69) is 15.7 Å². The van der Waals surface area contributed by atoms with Crippen LogP contribution in [0.2, 0.25) is 10.0 Å². The van der Waals surface area contributed by atoms with Crippen LogP contribution in [-0.4, -0.2) is 35.8 Å². The molecule has 1 heterocycles. The van der Waals surface area contributed by atoms with Crippen LogP contribution in [0.1, 0.15) is 20.8 Å². The van der Waals surface area contributed by atoms with Gasteiger partial charge in [-0.15, -0.1) is 0 Å². The predicted octanol–water partition coefficient (Wildman–Crippen LogP) is 4.25. The first-order valence-corrected chi connectivity index (χ1v) is 9.41. The third-order valence-corrected chi connectivity index (χ3v) is 4.69. The molecule has 0 saturated heterocycles. The molecule has 2 aromatic carbocycles. The average molecular weight is 449 g/mol. The Balaban J connectivity index is 1.90. The molecule has 156 valence electrons.